The van der Waals surface area contributed by atoms with Gasteiger partial charge in [0.15, 0.2) is 5.16 Å². The third-order valence-corrected chi connectivity index (χ3v) is 3.61. The van der Waals surface area contributed by atoms with Crippen molar-refractivity contribution in [1.29, 1.82) is 0 Å². The summed E-state index contributed by atoms with van der Waals surface area (Å²) >= 11 is 13.2. The quantitative estimate of drug-likeness (QED) is 0.693. The number of amides is 1. The maximum absolute atomic E-state index is 11.8. The number of carbonyl (C=O) groups excluding carboxylic acids is 1. The Labute approximate surface area is 124 Å². The lowest BCUT2D eigenvalue weighted by Crippen LogP contribution is -2.14. The molecule has 0 spiro atoms. The van der Waals surface area contributed by atoms with Gasteiger partial charge in [-0.15, -0.1) is 0 Å². The van der Waals surface area contributed by atoms with Crippen LogP contribution in [0.15, 0.2) is 41.8 Å². The number of carbonyl (C=O) groups is 1. The van der Waals surface area contributed by atoms with Gasteiger partial charge in [0.25, 0.3) is 0 Å². The Balaban J connectivity index is 1.95. The number of nitrogens with one attached hydrogen (secondary N) is 1. The number of anilines is 1. The highest BCUT2D eigenvalue weighted by Gasteiger charge is 2.10. The Kier molecular flexibility index (Phi) is 5.01. The Morgan fingerprint density at radius 1 is 1.16 bits per heavy atom. The molecular formula is C12H9Cl2N3OS. The highest BCUT2D eigenvalue weighted by atomic mass is 35.5. The second kappa shape index (κ2) is 6.75. The third kappa shape index (κ3) is 4.09. The fourth-order valence-electron chi connectivity index (χ4n) is 1.28. The van der Waals surface area contributed by atoms with Gasteiger partial charge in [-0.05, 0) is 18.2 Å². The van der Waals surface area contributed by atoms with Crippen molar-refractivity contribution >= 4 is 46.6 Å². The van der Waals surface area contributed by atoms with Crippen molar-refractivity contribution in [2.45, 2.75) is 5.16 Å². The molecule has 7 heteroatoms. The van der Waals surface area contributed by atoms with Gasteiger partial charge in [-0.1, -0.05) is 41.0 Å². The van der Waals surface area contributed by atoms with Crippen molar-refractivity contribution in [2.24, 2.45) is 0 Å². The summed E-state index contributed by atoms with van der Waals surface area (Å²) in [5.74, 6) is -0.0292. The van der Waals surface area contributed by atoms with Gasteiger partial charge in [0.1, 0.15) is 0 Å². The van der Waals surface area contributed by atoms with Crippen molar-refractivity contribution in [2.75, 3.05) is 11.1 Å². The molecule has 2 aromatic rings. The molecule has 98 valence electrons. The molecule has 0 saturated carbocycles. The number of thioether (sulfide) groups is 1. The van der Waals surface area contributed by atoms with Crippen LogP contribution in [0, 0.1) is 0 Å². The SMILES string of the molecule is O=C(CSc1ncccn1)Nc1c(Cl)cccc1Cl. The van der Waals surface area contributed by atoms with Gasteiger partial charge in [0.2, 0.25) is 5.91 Å². The average molecular weight is 314 g/mol. The zero-order valence-electron chi connectivity index (χ0n) is 9.64. The van der Waals surface area contributed by atoms with Crippen LogP contribution in [0.2, 0.25) is 10.0 Å². The molecule has 1 aromatic carbocycles. The predicted molar refractivity (Wildman–Crippen MR) is 77.8 cm³/mol. The van der Waals surface area contributed by atoms with E-state index in [0.717, 1.165) is 0 Å². The van der Waals surface area contributed by atoms with E-state index in [-0.39, 0.29) is 11.7 Å². The Morgan fingerprint density at radius 3 is 2.42 bits per heavy atom. The van der Waals surface area contributed by atoms with E-state index in [2.05, 4.69) is 15.3 Å². The monoisotopic (exact) mass is 313 g/mol. The van der Waals surface area contributed by atoms with Crippen LogP contribution >= 0.6 is 35.0 Å². The number of hydrogen-bond acceptors (Lipinski definition) is 4. The second-order valence-electron chi connectivity index (χ2n) is 3.46. The van der Waals surface area contributed by atoms with Crippen molar-refractivity contribution in [1.82, 2.24) is 9.97 Å². The molecule has 0 aliphatic heterocycles. The lowest BCUT2D eigenvalue weighted by atomic mass is 10.3. The Bertz CT molecular complexity index is 560. The molecule has 1 N–H and O–H groups in total. The first-order valence-corrected chi connectivity index (χ1v) is 7.04. The van der Waals surface area contributed by atoms with Crippen LogP contribution in [0.3, 0.4) is 0 Å². The number of rotatable bonds is 4. The molecule has 0 saturated heterocycles. The molecule has 1 amide bonds. The van der Waals surface area contributed by atoms with Crippen LogP contribution in [0.1, 0.15) is 0 Å². The Morgan fingerprint density at radius 2 is 1.79 bits per heavy atom. The summed E-state index contributed by atoms with van der Waals surface area (Å²) in [6.07, 6.45) is 3.25. The zero-order valence-corrected chi connectivity index (χ0v) is 12.0. The molecule has 0 unspecified atom stereocenters. The summed E-state index contributed by atoms with van der Waals surface area (Å²) in [6, 6.07) is 6.76. The predicted octanol–water partition coefficient (Wildman–Crippen LogP) is 3.51. The van der Waals surface area contributed by atoms with Crippen molar-refractivity contribution in [3.8, 4) is 0 Å². The first-order valence-electron chi connectivity index (χ1n) is 5.30. The molecule has 0 radical (unpaired) electrons. The number of para-hydroxylation sites is 1. The van der Waals surface area contributed by atoms with Crippen LogP contribution in [0.4, 0.5) is 5.69 Å². The molecule has 4 nitrogen and oxygen atoms in total. The van der Waals surface area contributed by atoms with Crippen LogP contribution in [0.5, 0.6) is 0 Å². The van der Waals surface area contributed by atoms with E-state index >= 15 is 0 Å². The highest BCUT2D eigenvalue weighted by Crippen LogP contribution is 2.29. The molecule has 0 bridgehead atoms. The van der Waals surface area contributed by atoms with E-state index in [1.165, 1.54) is 11.8 Å². The maximum Gasteiger partial charge on any atom is 0.234 e. The van der Waals surface area contributed by atoms with Gasteiger partial charge in [-0.3, -0.25) is 4.79 Å². The number of benzene rings is 1. The lowest BCUT2D eigenvalue weighted by molar-refractivity contribution is -0.113. The van der Waals surface area contributed by atoms with E-state index in [4.69, 9.17) is 23.2 Å². The fourth-order valence-corrected chi connectivity index (χ4v) is 2.38. The summed E-state index contributed by atoms with van der Waals surface area (Å²) in [5.41, 5.74) is 0.422. The minimum atomic E-state index is -0.215. The van der Waals surface area contributed by atoms with Crippen molar-refractivity contribution in [3.63, 3.8) is 0 Å². The average Bonchev–Trinajstić information content (AvgIpc) is 2.42. The summed E-state index contributed by atoms with van der Waals surface area (Å²) in [6.45, 7) is 0. The van der Waals surface area contributed by atoms with Crippen LogP contribution in [-0.4, -0.2) is 21.6 Å². The van der Waals surface area contributed by atoms with Gasteiger partial charge in [-0.2, -0.15) is 0 Å². The molecular weight excluding hydrogens is 305 g/mol. The number of nitrogens with zero attached hydrogens (tertiary/aromatic N) is 2. The largest absolute Gasteiger partial charge is 0.323 e. The number of aromatic nitrogens is 2. The van der Waals surface area contributed by atoms with Crippen LogP contribution in [-0.2, 0) is 4.79 Å². The van der Waals surface area contributed by atoms with Gasteiger partial charge in [0, 0.05) is 12.4 Å². The van der Waals surface area contributed by atoms with Gasteiger partial charge >= 0.3 is 0 Å². The van der Waals surface area contributed by atoms with Gasteiger partial charge in [-0.25, -0.2) is 9.97 Å². The molecule has 1 aromatic heterocycles. The van der Waals surface area contributed by atoms with E-state index in [0.29, 0.717) is 20.9 Å². The van der Waals surface area contributed by atoms with E-state index in [1.807, 2.05) is 0 Å². The summed E-state index contributed by atoms with van der Waals surface area (Å²) in [4.78, 5) is 19.8. The van der Waals surface area contributed by atoms with Gasteiger partial charge in [0.05, 0.1) is 21.5 Å². The van der Waals surface area contributed by atoms with Crippen LogP contribution in [0.25, 0.3) is 0 Å². The summed E-state index contributed by atoms with van der Waals surface area (Å²) in [5, 5.41) is 4.02. The highest BCUT2D eigenvalue weighted by molar-refractivity contribution is 7.99. The lowest BCUT2D eigenvalue weighted by Gasteiger charge is -2.08. The van der Waals surface area contributed by atoms with Gasteiger partial charge < -0.3 is 5.32 Å². The van der Waals surface area contributed by atoms with E-state index < -0.39 is 0 Å². The van der Waals surface area contributed by atoms with Crippen molar-refractivity contribution < 1.29 is 4.79 Å². The smallest absolute Gasteiger partial charge is 0.234 e. The van der Waals surface area contributed by atoms with Crippen LogP contribution < -0.4 is 5.32 Å². The minimum Gasteiger partial charge on any atom is -0.323 e. The van der Waals surface area contributed by atoms with E-state index in [9.17, 15) is 4.79 Å². The first kappa shape index (κ1) is 14.1. The molecule has 0 atom stereocenters. The summed E-state index contributed by atoms with van der Waals surface area (Å²) < 4.78 is 0. The number of halogens is 2. The Hall–Kier alpha value is -1.30. The molecule has 0 aliphatic carbocycles. The third-order valence-electron chi connectivity index (χ3n) is 2.10. The molecule has 2 rings (SSSR count). The second-order valence-corrected chi connectivity index (χ2v) is 5.22. The van der Waals surface area contributed by atoms with E-state index in [1.54, 1.807) is 36.7 Å². The number of hydrogen-bond donors (Lipinski definition) is 1. The zero-order chi connectivity index (χ0) is 13.7. The first-order chi connectivity index (χ1) is 9.16. The molecule has 0 fully saturated rings. The topological polar surface area (TPSA) is 54.9 Å². The normalized spacial score (nSPS) is 10.2. The molecule has 0 aliphatic rings. The van der Waals surface area contributed by atoms with Crippen molar-refractivity contribution in [3.05, 3.63) is 46.7 Å². The minimum absolute atomic E-state index is 0.186. The fraction of sp³-hybridized carbons (Fsp3) is 0.0833. The maximum atomic E-state index is 11.8. The summed E-state index contributed by atoms with van der Waals surface area (Å²) in [7, 11) is 0. The standard InChI is InChI=1S/C12H9Cl2N3OS/c13-8-3-1-4-9(14)11(8)17-10(18)7-19-12-15-5-2-6-16-12/h1-6H,7H2,(H,17,18). The molecule has 19 heavy (non-hydrogen) atoms. The molecule has 1 heterocycles.